The molecule has 2 aromatic rings. The number of pyridine rings is 1. The highest BCUT2D eigenvalue weighted by Crippen LogP contribution is 2.12. The summed E-state index contributed by atoms with van der Waals surface area (Å²) in [4.78, 5) is 11.4. The van der Waals surface area contributed by atoms with Crippen molar-refractivity contribution in [2.75, 3.05) is 0 Å². The normalized spacial score (nSPS) is 8.31. The summed E-state index contributed by atoms with van der Waals surface area (Å²) in [7, 11) is 0. The van der Waals surface area contributed by atoms with E-state index in [1.165, 1.54) is 0 Å². The molecule has 7 heteroatoms. The number of nitrogens with zero attached hydrogens (tertiary/aromatic N) is 2. The molecule has 2 aromatic heterocycles. The van der Waals surface area contributed by atoms with E-state index < -0.39 is 0 Å². The minimum Gasteiger partial charge on any atom is -0.340 e. The number of imidazole rings is 1. The van der Waals surface area contributed by atoms with Gasteiger partial charge in [0, 0.05) is 6.20 Å². The highest BCUT2D eigenvalue weighted by atomic mass is 35.5. The second-order valence-electron chi connectivity index (χ2n) is 2.66. The van der Waals surface area contributed by atoms with Crippen LogP contribution >= 0.6 is 37.2 Å². The van der Waals surface area contributed by atoms with Gasteiger partial charge in [-0.2, -0.15) is 0 Å². The maximum absolute atomic E-state index is 5.43. The average molecular weight is 284 g/mol. The zero-order valence-corrected chi connectivity index (χ0v) is 10.7. The molecular formula is C9H13Cl3N4. The van der Waals surface area contributed by atoms with Crippen LogP contribution in [0.5, 0.6) is 0 Å². The van der Waals surface area contributed by atoms with Crippen LogP contribution in [0.4, 0.5) is 0 Å². The van der Waals surface area contributed by atoms with Crippen molar-refractivity contribution >= 4 is 37.2 Å². The molecule has 0 saturated heterocycles. The van der Waals surface area contributed by atoms with E-state index in [0.717, 1.165) is 17.2 Å². The minimum absolute atomic E-state index is 0. The number of aromatic nitrogens is 3. The lowest BCUT2D eigenvalue weighted by molar-refractivity contribution is 0.950. The third kappa shape index (κ3) is 3.98. The van der Waals surface area contributed by atoms with E-state index in [0.29, 0.717) is 6.54 Å². The monoisotopic (exact) mass is 282 g/mol. The lowest BCUT2D eigenvalue weighted by Crippen LogP contribution is -1.97. The van der Waals surface area contributed by atoms with Crippen LogP contribution in [-0.4, -0.2) is 15.0 Å². The van der Waals surface area contributed by atoms with Gasteiger partial charge in [0.25, 0.3) is 0 Å². The molecule has 0 unspecified atom stereocenters. The Morgan fingerprint density at radius 3 is 2.38 bits per heavy atom. The van der Waals surface area contributed by atoms with E-state index in [-0.39, 0.29) is 37.2 Å². The number of halogens is 3. The highest BCUT2D eigenvalue weighted by molar-refractivity contribution is 5.86. The van der Waals surface area contributed by atoms with Crippen molar-refractivity contribution in [2.24, 2.45) is 5.73 Å². The van der Waals surface area contributed by atoms with Gasteiger partial charge in [-0.25, -0.2) is 4.98 Å². The molecule has 3 N–H and O–H groups in total. The van der Waals surface area contributed by atoms with Gasteiger partial charge in [0.2, 0.25) is 0 Å². The van der Waals surface area contributed by atoms with Gasteiger partial charge in [-0.15, -0.1) is 37.2 Å². The summed E-state index contributed by atoms with van der Waals surface area (Å²) in [5, 5.41) is 0. The molecule has 2 heterocycles. The van der Waals surface area contributed by atoms with E-state index in [2.05, 4.69) is 15.0 Å². The molecule has 0 aliphatic carbocycles. The van der Waals surface area contributed by atoms with Crippen molar-refractivity contribution in [2.45, 2.75) is 6.54 Å². The summed E-state index contributed by atoms with van der Waals surface area (Å²) < 4.78 is 0. The van der Waals surface area contributed by atoms with Crippen molar-refractivity contribution < 1.29 is 0 Å². The van der Waals surface area contributed by atoms with Crippen LogP contribution < -0.4 is 5.73 Å². The topological polar surface area (TPSA) is 67.6 Å². The predicted molar refractivity (Wildman–Crippen MR) is 71.5 cm³/mol. The third-order valence-corrected chi connectivity index (χ3v) is 1.76. The Kier molecular flexibility index (Phi) is 9.18. The smallest absolute Gasteiger partial charge is 0.120 e. The average Bonchev–Trinajstić information content (AvgIpc) is 2.67. The van der Waals surface area contributed by atoms with Gasteiger partial charge in [0.15, 0.2) is 0 Å². The number of hydrogen-bond acceptors (Lipinski definition) is 3. The van der Waals surface area contributed by atoms with Crippen LogP contribution in [0, 0.1) is 0 Å². The molecule has 16 heavy (non-hydrogen) atoms. The van der Waals surface area contributed by atoms with Crippen LogP contribution in [0.25, 0.3) is 11.4 Å². The molecule has 0 aliphatic rings. The first-order valence-electron chi connectivity index (χ1n) is 4.05. The maximum atomic E-state index is 5.43. The van der Waals surface area contributed by atoms with Crippen molar-refractivity contribution in [1.29, 1.82) is 0 Å². The van der Waals surface area contributed by atoms with Gasteiger partial charge in [-0.3, -0.25) is 4.98 Å². The van der Waals surface area contributed by atoms with E-state index >= 15 is 0 Å². The van der Waals surface area contributed by atoms with Crippen LogP contribution in [0.2, 0.25) is 0 Å². The summed E-state index contributed by atoms with van der Waals surface area (Å²) in [6.45, 7) is 0.423. The van der Waals surface area contributed by atoms with E-state index in [4.69, 9.17) is 5.73 Å². The fourth-order valence-electron chi connectivity index (χ4n) is 1.12. The van der Waals surface area contributed by atoms with E-state index in [9.17, 15) is 0 Å². The fourth-order valence-corrected chi connectivity index (χ4v) is 1.12. The molecule has 0 radical (unpaired) electrons. The summed E-state index contributed by atoms with van der Waals surface area (Å²) in [5.41, 5.74) is 7.21. The highest BCUT2D eigenvalue weighted by Gasteiger charge is 2.01. The first kappa shape index (κ1) is 17.6. The molecule has 0 fully saturated rings. The van der Waals surface area contributed by atoms with Gasteiger partial charge >= 0.3 is 0 Å². The standard InChI is InChI=1S/C9H10N4.3ClH/c10-5-9-12-6-8(13-9)7-3-1-2-4-11-7;;;/h1-4,6H,5,10H2,(H,12,13);3*1H. The molecule has 0 amide bonds. The fraction of sp³-hybridized carbons (Fsp3) is 0.111. The summed E-state index contributed by atoms with van der Waals surface area (Å²) in [5.74, 6) is 0.778. The van der Waals surface area contributed by atoms with Gasteiger partial charge in [0.05, 0.1) is 24.1 Å². The molecule has 0 atom stereocenters. The zero-order chi connectivity index (χ0) is 9.10. The second kappa shape index (κ2) is 8.35. The Labute approximate surface area is 112 Å². The van der Waals surface area contributed by atoms with Gasteiger partial charge < -0.3 is 10.7 Å². The predicted octanol–water partition coefficient (Wildman–Crippen LogP) is 2.20. The van der Waals surface area contributed by atoms with Crippen LogP contribution in [0.15, 0.2) is 30.6 Å². The lowest BCUT2D eigenvalue weighted by Gasteiger charge is -1.93. The first-order valence-corrected chi connectivity index (χ1v) is 4.05. The minimum atomic E-state index is 0. The molecule has 90 valence electrons. The first-order chi connectivity index (χ1) is 6.40. The number of hydrogen-bond donors (Lipinski definition) is 2. The van der Waals surface area contributed by atoms with Crippen molar-refractivity contribution in [3.8, 4) is 11.4 Å². The van der Waals surface area contributed by atoms with Crippen molar-refractivity contribution in [1.82, 2.24) is 15.0 Å². The molecule has 4 nitrogen and oxygen atoms in total. The summed E-state index contributed by atoms with van der Waals surface area (Å²) in [6, 6.07) is 5.74. The Hall–Kier alpha value is -0.810. The molecule has 0 spiro atoms. The quantitative estimate of drug-likeness (QED) is 0.888. The zero-order valence-electron chi connectivity index (χ0n) is 8.29. The third-order valence-electron chi connectivity index (χ3n) is 1.76. The van der Waals surface area contributed by atoms with Crippen LogP contribution in [-0.2, 0) is 6.54 Å². The number of nitrogens with two attached hydrogens (primary N) is 1. The Morgan fingerprint density at radius 1 is 1.12 bits per heavy atom. The van der Waals surface area contributed by atoms with E-state index in [1.54, 1.807) is 12.4 Å². The molecule has 0 bridgehead atoms. The molecule has 2 rings (SSSR count). The van der Waals surface area contributed by atoms with E-state index in [1.807, 2.05) is 18.2 Å². The lowest BCUT2D eigenvalue weighted by atomic mass is 10.3. The van der Waals surface area contributed by atoms with Crippen molar-refractivity contribution in [3.05, 3.63) is 36.4 Å². The molecule has 0 saturated carbocycles. The number of rotatable bonds is 2. The van der Waals surface area contributed by atoms with Crippen LogP contribution in [0.3, 0.4) is 0 Å². The number of H-pyrrole nitrogens is 1. The Morgan fingerprint density at radius 2 is 1.88 bits per heavy atom. The molecule has 0 aliphatic heterocycles. The molecule has 0 aromatic carbocycles. The number of nitrogens with one attached hydrogen (secondary N) is 1. The van der Waals surface area contributed by atoms with Gasteiger partial charge in [-0.05, 0) is 12.1 Å². The second-order valence-corrected chi connectivity index (χ2v) is 2.66. The molecular weight excluding hydrogens is 270 g/mol. The summed E-state index contributed by atoms with van der Waals surface area (Å²) in [6.07, 6.45) is 3.49. The maximum Gasteiger partial charge on any atom is 0.120 e. The van der Waals surface area contributed by atoms with Crippen molar-refractivity contribution in [3.63, 3.8) is 0 Å². The Balaban J connectivity index is 0. The van der Waals surface area contributed by atoms with Gasteiger partial charge in [-0.1, -0.05) is 6.07 Å². The largest absolute Gasteiger partial charge is 0.340 e. The summed E-state index contributed by atoms with van der Waals surface area (Å²) >= 11 is 0. The van der Waals surface area contributed by atoms with Gasteiger partial charge in [0.1, 0.15) is 5.82 Å². The Bertz CT molecular complexity index is 391. The number of aromatic amines is 1. The van der Waals surface area contributed by atoms with Crippen LogP contribution in [0.1, 0.15) is 5.82 Å². The SMILES string of the molecule is Cl.Cl.Cl.NCc1ncc(-c2ccccn2)[nH]1.